The first-order valence-corrected chi connectivity index (χ1v) is 4.30. The smallest absolute Gasteiger partial charge is 0.0319 e. The lowest BCUT2D eigenvalue weighted by molar-refractivity contribution is 0.399. The van der Waals surface area contributed by atoms with Crippen LogP contribution in [-0.2, 0) is 0 Å². The van der Waals surface area contributed by atoms with Crippen LogP contribution in [0.15, 0.2) is 0 Å². The highest BCUT2D eigenvalue weighted by molar-refractivity contribution is 9.93. The van der Waals surface area contributed by atoms with Crippen LogP contribution in [0.2, 0.25) is 0 Å². The maximum atomic E-state index is 7.00. The molecule has 0 aromatic carbocycles. The standard InChI is InChI=1S/CH4O.Br2/c2*1-2/h2H,1H3;. The van der Waals surface area contributed by atoms with Crippen LogP contribution in [0.25, 0.3) is 0 Å². The molecule has 0 atom stereocenters. The van der Waals surface area contributed by atoms with Gasteiger partial charge in [0, 0.05) is 35.4 Å². The molecule has 0 aromatic rings. The van der Waals surface area contributed by atoms with E-state index in [0.717, 1.165) is 7.11 Å². The summed E-state index contributed by atoms with van der Waals surface area (Å²) in [6, 6.07) is 0. The van der Waals surface area contributed by atoms with Crippen LogP contribution in [0.4, 0.5) is 0 Å². The number of hydrogen-bond acceptors (Lipinski definition) is 1. The zero-order valence-electron chi connectivity index (χ0n) is 2.20. The molecule has 28 valence electrons. The Balaban J connectivity index is 0. The van der Waals surface area contributed by atoms with Gasteiger partial charge in [-0.1, -0.05) is 0 Å². The Kier molecular flexibility index (Phi) is 87.5. The van der Waals surface area contributed by atoms with Gasteiger partial charge in [0.05, 0.1) is 0 Å². The first kappa shape index (κ1) is 8.87. The molecule has 0 unspecified atom stereocenters. The third-order valence-electron chi connectivity index (χ3n) is 0. The van der Waals surface area contributed by atoms with Gasteiger partial charge in [0.25, 0.3) is 0 Å². The summed E-state index contributed by atoms with van der Waals surface area (Å²) in [7, 11) is 1.00. The van der Waals surface area contributed by atoms with Crippen molar-refractivity contribution in [2.45, 2.75) is 0 Å². The third-order valence-corrected chi connectivity index (χ3v) is 0. The second kappa shape index (κ2) is 39.5. The first-order valence-electron chi connectivity index (χ1n) is 0.590. The highest BCUT2D eigenvalue weighted by Gasteiger charge is 1.00. The van der Waals surface area contributed by atoms with Crippen LogP contribution in [0.1, 0.15) is 0 Å². The molecule has 0 fully saturated rings. The normalized spacial score (nSPS) is 3.00. The summed E-state index contributed by atoms with van der Waals surface area (Å²) in [5.41, 5.74) is 0. The highest BCUT2D eigenvalue weighted by Crippen LogP contribution is 1.85. The fourth-order valence-corrected chi connectivity index (χ4v) is 0. The van der Waals surface area contributed by atoms with Crippen molar-refractivity contribution in [3.05, 3.63) is 0 Å². The van der Waals surface area contributed by atoms with Crippen LogP contribution < -0.4 is 0 Å². The minimum absolute atomic E-state index is 1.00. The van der Waals surface area contributed by atoms with Crippen molar-refractivity contribution in [1.29, 1.82) is 0 Å². The molecule has 0 radical (unpaired) electrons. The quantitative estimate of drug-likeness (QED) is 0.612. The molecule has 1 nitrogen and oxygen atoms in total. The van der Waals surface area contributed by atoms with Crippen LogP contribution >= 0.6 is 28.3 Å². The molecule has 0 bridgehead atoms. The van der Waals surface area contributed by atoms with Gasteiger partial charge in [0.1, 0.15) is 0 Å². The zero-order valence-corrected chi connectivity index (χ0v) is 5.38. The Bertz CT molecular complexity index is 6.00. The van der Waals surface area contributed by atoms with Gasteiger partial charge in [-0.05, 0) is 0 Å². The SMILES string of the molecule is BrBr.CO. The van der Waals surface area contributed by atoms with Crippen LogP contribution in [0.5, 0.6) is 0 Å². The van der Waals surface area contributed by atoms with E-state index in [9.17, 15) is 0 Å². The Labute approximate surface area is 40.9 Å². The lowest BCUT2D eigenvalue weighted by atomic mass is 11.8. The number of aliphatic hydroxyl groups is 1. The predicted molar refractivity (Wildman–Crippen MR) is 26.0 cm³/mol. The summed E-state index contributed by atoms with van der Waals surface area (Å²) in [6.07, 6.45) is 0. The molecule has 0 aliphatic heterocycles. The van der Waals surface area contributed by atoms with E-state index in [-0.39, 0.29) is 0 Å². The molecule has 0 aliphatic rings. The largest absolute Gasteiger partial charge is 0.400 e. The number of halogens is 2. The number of rotatable bonds is 0. The lowest BCUT2D eigenvalue weighted by Gasteiger charge is -1.21. The van der Waals surface area contributed by atoms with Gasteiger partial charge in [-0.3, -0.25) is 0 Å². The average molecular weight is 192 g/mol. The van der Waals surface area contributed by atoms with E-state index in [4.69, 9.17) is 5.11 Å². The minimum atomic E-state index is 1.00. The van der Waals surface area contributed by atoms with Gasteiger partial charge in [0.15, 0.2) is 0 Å². The predicted octanol–water partition coefficient (Wildman–Crippen LogP) is 1.30. The fourth-order valence-electron chi connectivity index (χ4n) is 0. The maximum Gasteiger partial charge on any atom is 0.0319 e. The molecule has 0 aromatic heterocycles. The van der Waals surface area contributed by atoms with Gasteiger partial charge in [0.2, 0.25) is 0 Å². The van der Waals surface area contributed by atoms with Gasteiger partial charge >= 0.3 is 0 Å². The molecule has 0 heterocycles. The van der Waals surface area contributed by atoms with Gasteiger partial charge in [-0.15, -0.1) is 0 Å². The fraction of sp³-hybridized carbons (Fsp3) is 1.00. The molecular formula is CH4Br2O. The summed E-state index contributed by atoms with van der Waals surface area (Å²) < 4.78 is 0. The Morgan fingerprint density at radius 1 is 1.25 bits per heavy atom. The Morgan fingerprint density at radius 2 is 1.25 bits per heavy atom. The Morgan fingerprint density at radius 3 is 1.25 bits per heavy atom. The van der Waals surface area contributed by atoms with E-state index in [0.29, 0.717) is 0 Å². The molecule has 0 aliphatic carbocycles. The summed E-state index contributed by atoms with van der Waals surface area (Å²) >= 11 is 5.50. The number of hydrogen-bond donors (Lipinski definition) is 1. The molecule has 0 saturated heterocycles. The lowest BCUT2D eigenvalue weighted by Crippen LogP contribution is -1.25. The molecular weight excluding hydrogens is 188 g/mol. The van der Waals surface area contributed by atoms with Crippen LogP contribution in [-0.4, -0.2) is 12.2 Å². The first-order chi connectivity index (χ1) is 2.00. The van der Waals surface area contributed by atoms with Crippen molar-refractivity contribution in [3.63, 3.8) is 0 Å². The minimum Gasteiger partial charge on any atom is -0.400 e. The summed E-state index contributed by atoms with van der Waals surface area (Å²) in [5, 5.41) is 7.00. The second-order valence-electron chi connectivity index (χ2n) is 0. The number of aliphatic hydroxyl groups excluding tert-OH is 1. The highest BCUT2D eigenvalue weighted by atomic mass is 80.9. The zero-order chi connectivity index (χ0) is 4.00. The van der Waals surface area contributed by atoms with Crippen molar-refractivity contribution in [2.24, 2.45) is 0 Å². The van der Waals surface area contributed by atoms with Gasteiger partial charge < -0.3 is 5.11 Å². The molecule has 0 spiro atoms. The van der Waals surface area contributed by atoms with Crippen LogP contribution in [0, 0.1) is 0 Å². The summed E-state index contributed by atoms with van der Waals surface area (Å²) in [5.74, 6) is 0. The average Bonchev–Trinajstić information content (AvgIpc) is 1.50. The van der Waals surface area contributed by atoms with E-state index in [1.54, 1.807) is 0 Å². The summed E-state index contributed by atoms with van der Waals surface area (Å²) in [6.45, 7) is 0. The van der Waals surface area contributed by atoms with E-state index >= 15 is 0 Å². The molecule has 3 heteroatoms. The topological polar surface area (TPSA) is 20.2 Å². The van der Waals surface area contributed by atoms with Crippen molar-refractivity contribution < 1.29 is 5.11 Å². The van der Waals surface area contributed by atoms with Gasteiger partial charge in [-0.2, -0.15) is 0 Å². The summed E-state index contributed by atoms with van der Waals surface area (Å²) in [4.78, 5) is 0. The van der Waals surface area contributed by atoms with Crippen molar-refractivity contribution in [1.82, 2.24) is 0 Å². The molecule has 0 amide bonds. The molecule has 4 heavy (non-hydrogen) atoms. The van der Waals surface area contributed by atoms with Gasteiger partial charge in [-0.25, -0.2) is 0 Å². The van der Waals surface area contributed by atoms with E-state index in [2.05, 4.69) is 28.3 Å². The van der Waals surface area contributed by atoms with Crippen LogP contribution in [0.3, 0.4) is 0 Å². The second-order valence-corrected chi connectivity index (χ2v) is 0. The van der Waals surface area contributed by atoms with E-state index in [1.165, 1.54) is 0 Å². The Hall–Kier alpha value is 0.920. The molecule has 0 saturated carbocycles. The maximum absolute atomic E-state index is 7.00. The van der Waals surface area contributed by atoms with Crippen molar-refractivity contribution in [3.8, 4) is 0 Å². The van der Waals surface area contributed by atoms with Crippen molar-refractivity contribution >= 4 is 28.3 Å². The monoisotopic (exact) mass is 190 g/mol. The van der Waals surface area contributed by atoms with E-state index in [1.807, 2.05) is 0 Å². The molecule has 1 N–H and O–H groups in total. The molecule has 0 rings (SSSR count). The van der Waals surface area contributed by atoms with Crippen molar-refractivity contribution in [2.75, 3.05) is 7.11 Å². The van der Waals surface area contributed by atoms with E-state index < -0.39 is 0 Å². The third kappa shape index (κ3) is 12.7.